The summed E-state index contributed by atoms with van der Waals surface area (Å²) in [5.74, 6) is -0.207. The second-order valence-electron chi connectivity index (χ2n) is 6.00. The van der Waals surface area contributed by atoms with Gasteiger partial charge in [0.25, 0.3) is 0 Å². The van der Waals surface area contributed by atoms with Crippen molar-refractivity contribution >= 4 is 37.5 Å². The maximum Gasteiger partial charge on any atom is 0.238 e. The lowest BCUT2D eigenvalue weighted by molar-refractivity contribution is -0.125. The summed E-state index contributed by atoms with van der Waals surface area (Å²) in [6, 6.07) is 7.36. The topological polar surface area (TPSA) is 79.4 Å². The van der Waals surface area contributed by atoms with Gasteiger partial charge in [0.15, 0.2) is 0 Å². The lowest BCUT2D eigenvalue weighted by Crippen LogP contribution is -2.51. The molecule has 1 aromatic heterocycles. The summed E-state index contributed by atoms with van der Waals surface area (Å²) in [7, 11) is -3.35. The van der Waals surface area contributed by atoms with Crippen LogP contribution in [0.25, 0.3) is 10.2 Å². The zero-order chi connectivity index (χ0) is 17.2. The molecule has 1 N–H and O–H groups in total. The van der Waals surface area contributed by atoms with Crippen molar-refractivity contribution in [3.05, 3.63) is 29.3 Å². The van der Waals surface area contributed by atoms with E-state index in [1.165, 1.54) is 10.6 Å². The Kier molecular flexibility index (Phi) is 5.17. The highest BCUT2D eigenvalue weighted by Crippen LogP contribution is 2.22. The van der Waals surface area contributed by atoms with Crippen molar-refractivity contribution in [2.45, 2.75) is 31.7 Å². The third-order valence-corrected chi connectivity index (χ3v) is 6.54. The molecular formula is C16H21N3O3S2. The number of rotatable bonds is 5. The monoisotopic (exact) mass is 367 g/mol. The Morgan fingerprint density at radius 2 is 2.17 bits per heavy atom. The molecule has 0 aliphatic carbocycles. The van der Waals surface area contributed by atoms with Gasteiger partial charge in [-0.3, -0.25) is 4.79 Å². The number of carbonyl (C=O) groups is 1. The smallest absolute Gasteiger partial charge is 0.238 e. The molecule has 24 heavy (non-hydrogen) atoms. The molecule has 1 amide bonds. The van der Waals surface area contributed by atoms with Gasteiger partial charge in [0.1, 0.15) is 6.04 Å². The highest BCUT2D eigenvalue weighted by molar-refractivity contribution is 7.88. The fourth-order valence-electron chi connectivity index (χ4n) is 3.00. The number of hydrogen-bond acceptors (Lipinski definition) is 5. The third-order valence-electron chi connectivity index (χ3n) is 4.16. The maximum atomic E-state index is 12.4. The Balaban J connectivity index is 1.58. The van der Waals surface area contributed by atoms with Crippen LogP contribution in [0, 0.1) is 0 Å². The number of benzene rings is 1. The van der Waals surface area contributed by atoms with Gasteiger partial charge in [-0.1, -0.05) is 18.6 Å². The highest BCUT2D eigenvalue weighted by atomic mass is 32.2. The summed E-state index contributed by atoms with van der Waals surface area (Å²) in [6.45, 7) is 0.890. The van der Waals surface area contributed by atoms with E-state index < -0.39 is 16.1 Å². The molecule has 8 heteroatoms. The summed E-state index contributed by atoms with van der Waals surface area (Å²) >= 11 is 1.62. The molecular weight excluding hydrogens is 346 g/mol. The largest absolute Gasteiger partial charge is 0.354 e. The van der Waals surface area contributed by atoms with E-state index in [9.17, 15) is 13.2 Å². The van der Waals surface area contributed by atoms with E-state index in [0.29, 0.717) is 25.9 Å². The van der Waals surface area contributed by atoms with E-state index in [1.807, 2.05) is 24.3 Å². The Morgan fingerprint density at radius 3 is 2.92 bits per heavy atom. The van der Waals surface area contributed by atoms with Crippen LogP contribution in [-0.4, -0.2) is 49.0 Å². The number of fused-ring (bicyclic) bond motifs is 1. The predicted molar refractivity (Wildman–Crippen MR) is 95.5 cm³/mol. The Hall–Kier alpha value is -1.51. The van der Waals surface area contributed by atoms with Crippen LogP contribution in [0.5, 0.6) is 0 Å². The van der Waals surface area contributed by atoms with Crippen LogP contribution in [-0.2, 0) is 21.2 Å². The van der Waals surface area contributed by atoms with Crippen molar-refractivity contribution in [1.82, 2.24) is 14.6 Å². The van der Waals surface area contributed by atoms with Crippen molar-refractivity contribution in [3.63, 3.8) is 0 Å². The first-order valence-corrected chi connectivity index (χ1v) is 10.7. The molecule has 0 bridgehead atoms. The Labute approximate surface area is 145 Å². The minimum Gasteiger partial charge on any atom is -0.354 e. The Morgan fingerprint density at radius 1 is 1.38 bits per heavy atom. The number of nitrogens with one attached hydrogen (secondary N) is 1. The van der Waals surface area contributed by atoms with E-state index in [0.717, 1.165) is 28.1 Å². The fourth-order valence-corrected chi connectivity index (χ4v) is 5.09. The van der Waals surface area contributed by atoms with Crippen LogP contribution < -0.4 is 5.32 Å². The van der Waals surface area contributed by atoms with Gasteiger partial charge in [0.05, 0.1) is 21.5 Å². The van der Waals surface area contributed by atoms with Gasteiger partial charge in [-0.15, -0.1) is 11.3 Å². The molecule has 1 unspecified atom stereocenters. The minimum absolute atomic E-state index is 0.207. The van der Waals surface area contributed by atoms with Crippen molar-refractivity contribution in [2.75, 3.05) is 19.3 Å². The molecule has 6 nitrogen and oxygen atoms in total. The van der Waals surface area contributed by atoms with Crippen molar-refractivity contribution < 1.29 is 13.2 Å². The van der Waals surface area contributed by atoms with E-state index in [-0.39, 0.29) is 5.91 Å². The third kappa shape index (κ3) is 3.93. The highest BCUT2D eigenvalue weighted by Gasteiger charge is 2.34. The molecule has 0 radical (unpaired) electrons. The average Bonchev–Trinajstić information content (AvgIpc) is 2.96. The fraction of sp³-hybridized carbons (Fsp3) is 0.500. The number of aromatic nitrogens is 1. The van der Waals surface area contributed by atoms with Crippen LogP contribution in [0.1, 0.15) is 24.3 Å². The second kappa shape index (κ2) is 7.16. The normalized spacial score (nSPS) is 19.5. The van der Waals surface area contributed by atoms with Gasteiger partial charge in [-0.05, 0) is 25.0 Å². The molecule has 130 valence electrons. The van der Waals surface area contributed by atoms with Gasteiger partial charge >= 0.3 is 0 Å². The number of sulfonamides is 1. The quantitative estimate of drug-likeness (QED) is 0.873. The number of para-hydroxylation sites is 1. The number of hydrogen-bond donors (Lipinski definition) is 1. The summed E-state index contributed by atoms with van der Waals surface area (Å²) in [4.78, 5) is 16.9. The lowest BCUT2D eigenvalue weighted by atomic mass is 10.0. The second-order valence-corrected chi connectivity index (χ2v) is 9.05. The van der Waals surface area contributed by atoms with E-state index in [4.69, 9.17) is 0 Å². The van der Waals surface area contributed by atoms with Crippen molar-refractivity contribution in [1.29, 1.82) is 0 Å². The van der Waals surface area contributed by atoms with Gasteiger partial charge in [-0.2, -0.15) is 4.31 Å². The average molecular weight is 367 g/mol. The van der Waals surface area contributed by atoms with Gasteiger partial charge in [0.2, 0.25) is 15.9 Å². The van der Waals surface area contributed by atoms with Crippen molar-refractivity contribution in [3.8, 4) is 0 Å². The molecule has 1 fully saturated rings. The van der Waals surface area contributed by atoms with E-state index in [1.54, 1.807) is 11.3 Å². The first-order chi connectivity index (χ1) is 11.4. The van der Waals surface area contributed by atoms with Crippen LogP contribution >= 0.6 is 11.3 Å². The summed E-state index contributed by atoms with van der Waals surface area (Å²) in [5, 5.41) is 3.84. The molecule has 2 heterocycles. The number of piperidine rings is 1. The molecule has 0 spiro atoms. The minimum atomic E-state index is -3.35. The number of amides is 1. The standard InChI is InChI=1S/C16H21N3O3S2/c1-24(21,22)19-11-5-4-7-13(19)16(20)17-10-9-15-18-12-6-2-3-8-14(12)23-15/h2-3,6,8,13H,4-5,7,9-11H2,1H3,(H,17,20). The van der Waals surface area contributed by atoms with Gasteiger partial charge in [0, 0.05) is 19.5 Å². The predicted octanol–water partition coefficient (Wildman–Crippen LogP) is 1.77. The summed E-state index contributed by atoms with van der Waals surface area (Å²) in [6.07, 6.45) is 4.08. The van der Waals surface area contributed by atoms with Gasteiger partial charge < -0.3 is 5.32 Å². The zero-order valence-corrected chi connectivity index (χ0v) is 15.2. The van der Waals surface area contributed by atoms with Crippen molar-refractivity contribution in [2.24, 2.45) is 0 Å². The maximum absolute atomic E-state index is 12.4. The van der Waals surface area contributed by atoms with Crippen LogP contribution in [0.4, 0.5) is 0 Å². The molecule has 3 rings (SSSR count). The van der Waals surface area contributed by atoms with Crippen LogP contribution in [0.15, 0.2) is 24.3 Å². The molecule has 1 aromatic carbocycles. The first-order valence-electron chi connectivity index (χ1n) is 8.04. The summed E-state index contributed by atoms with van der Waals surface area (Å²) in [5.41, 5.74) is 0.972. The molecule has 2 aromatic rings. The molecule has 1 saturated heterocycles. The summed E-state index contributed by atoms with van der Waals surface area (Å²) < 4.78 is 26.1. The molecule has 1 aliphatic rings. The van der Waals surface area contributed by atoms with Crippen LogP contribution in [0.3, 0.4) is 0 Å². The van der Waals surface area contributed by atoms with E-state index in [2.05, 4.69) is 10.3 Å². The molecule has 0 saturated carbocycles. The molecule has 1 atom stereocenters. The van der Waals surface area contributed by atoms with Gasteiger partial charge in [-0.25, -0.2) is 13.4 Å². The zero-order valence-electron chi connectivity index (χ0n) is 13.6. The number of nitrogens with zero attached hydrogens (tertiary/aromatic N) is 2. The van der Waals surface area contributed by atoms with Crippen LogP contribution in [0.2, 0.25) is 0 Å². The number of thiazole rings is 1. The Bertz CT molecular complexity index is 799. The van der Waals surface area contributed by atoms with E-state index >= 15 is 0 Å². The lowest BCUT2D eigenvalue weighted by Gasteiger charge is -2.32. The molecule has 1 aliphatic heterocycles. The SMILES string of the molecule is CS(=O)(=O)N1CCCCC1C(=O)NCCc1nc2ccccc2s1. The first kappa shape index (κ1) is 17.3. The number of carbonyl (C=O) groups excluding carboxylic acids is 1.